The molecule has 0 saturated carbocycles. The number of likely N-dealkylation sites (N-methyl/N-ethyl adjacent to an activating group) is 1. The van der Waals surface area contributed by atoms with Gasteiger partial charge in [-0.2, -0.15) is 0 Å². The Bertz CT molecular complexity index is 1100. The normalized spacial score (nSPS) is 15.9. The predicted octanol–water partition coefficient (Wildman–Crippen LogP) is 3.92. The number of nitrogens with zero attached hydrogens (tertiary/aromatic N) is 3. The number of rotatable bonds is 4. The summed E-state index contributed by atoms with van der Waals surface area (Å²) in [5.41, 5.74) is 1.62. The van der Waals surface area contributed by atoms with Gasteiger partial charge in [0.05, 0.1) is 9.17 Å². The highest BCUT2D eigenvalue weighted by Gasteiger charge is 2.28. The van der Waals surface area contributed by atoms with Crippen LogP contribution in [0.15, 0.2) is 45.2 Å². The van der Waals surface area contributed by atoms with Crippen molar-refractivity contribution in [3.8, 4) is 0 Å². The molecular formula is C19H21BrN4O2S2. The van der Waals surface area contributed by atoms with Crippen molar-refractivity contribution >= 4 is 58.9 Å². The molecule has 1 aliphatic heterocycles. The van der Waals surface area contributed by atoms with Crippen molar-refractivity contribution in [2.24, 2.45) is 0 Å². The molecule has 1 aromatic carbocycles. The van der Waals surface area contributed by atoms with E-state index in [1.807, 2.05) is 25.1 Å². The summed E-state index contributed by atoms with van der Waals surface area (Å²) in [5, 5.41) is 0.684. The number of hydrogen-bond acceptors (Lipinski definition) is 6. The van der Waals surface area contributed by atoms with Crippen molar-refractivity contribution in [2.45, 2.75) is 11.8 Å². The van der Waals surface area contributed by atoms with Crippen LogP contribution in [0.4, 0.5) is 11.5 Å². The number of halogens is 1. The van der Waals surface area contributed by atoms with Gasteiger partial charge in [0.15, 0.2) is 0 Å². The molecule has 0 unspecified atom stereocenters. The predicted molar refractivity (Wildman–Crippen MR) is 119 cm³/mol. The molecule has 28 heavy (non-hydrogen) atoms. The van der Waals surface area contributed by atoms with Crippen molar-refractivity contribution in [3.05, 3.63) is 45.9 Å². The average molecular weight is 481 g/mol. The Labute approximate surface area is 177 Å². The summed E-state index contributed by atoms with van der Waals surface area (Å²) in [5.74, 6) is 0.733. The van der Waals surface area contributed by atoms with Gasteiger partial charge in [0.2, 0.25) is 0 Å². The van der Waals surface area contributed by atoms with E-state index in [4.69, 9.17) is 0 Å². The zero-order valence-electron chi connectivity index (χ0n) is 15.6. The number of piperazine rings is 1. The Balaban J connectivity index is 1.80. The molecule has 3 heterocycles. The highest BCUT2D eigenvalue weighted by molar-refractivity contribution is 9.11. The average Bonchev–Trinajstić information content (AvgIpc) is 3.01. The van der Waals surface area contributed by atoms with Crippen molar-refractivity contribution in [2.75, 3.05) is 42.8 Å². The van der Waals surface area contributed by atoms with Crippen LogP contribution in [0.2, 0.25) is 0 Å². The molecule has 6 nitrogen and oxygen atoms in total. The van der Waals surface area contributed by atoms with E-state index >= 15 is 0 Å². The van der Waals surface area contributed by atoms with Crippen LogP contribution in [0.3, 0.4) is 0 Å². The highest BCUT2D eigenvalue weighted by Crippen LogP contribution is 2.43. The number of hydrogen-bond donors (Lipinski definition) is 1. The summed E-state index contributed by atoms with van der Waals surface area (Å²) in [6.07, 6.45) is 1.75. The molecule has 4 rings (SSSR count). The van der Waals surface area contributed by atoms with Crippen LogP contribution in [0.1, 0.15) is 5.56 Å². The number of sulfonamides is 1. The number of thiophene rings is 1. The van der Waals surface area contributed by atoms with E-state index in [0.29, 0.717) is 14.9 Å². The van der Waals surface area contributed by atoms with Gasteiger partial charge in [-0.25, -0.2) is 13.4 Å². The van der Waals surface area contributed by atoms with Gasteiger partial charge >= 0.3 is 0 Å². The first-order valence-electron chi connectivity index (χ1n) is 8.95. The summed E-state index contributed by atoms with van der Waals surface area (Å²) in [6, 6.07) is 9.19. The molecule has 1 N–H and O–H groups in total. The zero-order valence-corrected chi connectivity index (χ0v) is 18.9. The molecule has 1 aliphatic rings. The zero-order chi connectivity index (χ0) is 19.9. The van der Waals surface area contributed by atoms with E-state index in [2.05, 4.69) is 42.5 Å². The lowest BCUT2D eigenvalue weighted by atomic mass is 10.2. The lowest BCUT2D eigenvalue weighted by molar-refractivity contribution is 0.312. The maximum Gasteiger partial charge on any atom is 0.264 e. The number of anilines is 2. The molecule has 0 spiro atoms. The third-order valence-corrected chi connectivity index (χ3v) is 8.54. The van der Waals surface area contributed by atoms with Crippen LogP contribution >= 0.6 is 27.3 Å². The van der Waals surface area contributed by atoms with Gasteiger partial charge in [-0.1, -0.05) is 17.7 Å². The molecule has 3 aromatic rings. The summed E-state index contributed by atoms with van der Waals surface area (Å²) in [6.45, 7) is 5.46. The SMILES string of the molecule is Cc1ccc(NS(=O)(=O)c2c(Br)sc3ccnc(N4CCN(C)CC4)c23)cc1. The number of benzene rings is 1. The van der Waals surface area contributed by atoms with Gasteiger partial charge in [-0.15, -0.1) is 11.3 Å². The molecule has 1 fully saturated rings. The number of pyridine rings is 1. The largest absolute Gasteiger partial charge is 0.353 e. The second kappa shape index (κ2) is 7.62. The molecule has 0 bridgehead atoms. The smallest absolute Gasteiger partial charge is 0.264 e. The minimum atomic E-state index is -3.78. The van der Waals surface area contributed by atoms with Gasteiger partial charge < -0.3 is 9.80 Å². The maximum absolute atomic E-state index is 13.3. The van der Waals surface area contributed by atoms with Crippen molar-refractivity contribution < 1.29 is 8.42 Å². The summed E-state index contributed by atoms with van der Waals surface area (Å²) in [7, 11) is -1.68. The van der Waals surface area contributed by atoms with Crippen LogP contribution < -0.4 is 9.62 Å². The number of aryl methyl sites for hydroxylation is 1. The van der Waals surface area contributed by atoms with Gasteiger partial charge in [0.1, 0.15) is 10.7 Å². The first-order valence-corrected chi connectivity index (χ1v) is 12.0. The topological polar surface area (TPSA) is 65.5 Å². The molecule has 0 radical (unpaired) electrons. The number of nitrogens with one attached hydrogen (secondary N) is 1. The lowest BCUT2D eigenvalue weighted by Gasteiger charge is -2.33. The van der Waals surface area contributed by atoms with Crippen molar-refractivity contribution in [3.63, 3.8) is 0 Å². The molecule has 2 aromatic heterocycles. The third-order valence-electron chi connectivity index (χ3n) is 4.87. The monoisotopic (exact) mass is 480 g/mol. The fourth-order valence-electron chi connectivity index (χ4n) is 3.30. The van der Waals surface area contributed by atoms with E-state index in [0.717, 1.165) is 42.3 Å². The van der Waals surface area contributed by atoms with E-state index in [1.54, 1.807) is 18.3 Å². The fourth-order valence-corrected chi connectivity index (χ4v) is 7.22. The molecule has 0 aliphatic carbocycles. The Morgan fingerprint density at radius 1 is 1.11 bits per heavy atom. The molecule has 1 saturated heterocycles. The number of aromatic nitrogens is 1. The lowest BCUT2D eigenvalue weighted by Crippen LogP contribution is -2.44. The first kappa shape index (κ1) is 19.6. The van der Waals surface area contributed by atoms with Crippen LogP contribution in [-0.2, 0) is 10.0 Å². The standard InChI is InChI=1S/C19H21BrN4O2S2/c1-13-3-5-14(6-4-13)22-28(25,26)17-16-15(27-18(17)20)7-8-21-19(16)24-11-9-23(2)10-12-24/h3-8,22H,9-12H2,1-2H3. The van der Waals surface area contributed by atoms with E-state index in [-0.39, 0.29) is 4.90 Å². The minimum absolute atomic E-state index is 0.259. The van der Waals surface area contributed by atoms with Crippen LogP contribution in [0.25, 0.3) is 10.1 Å². The van der Waals surface area contributed by atoms with Crippen LogP contribution in [0.5, 0.6) is 0 Å². The van der Waals surface area contributed by atoms with Crippen LogP contribution in [-0.4, -0.2) is 51.5 Å². The van der Waals surface area contributed by atoms with Crippen LogP contribution in [0, 0.1) is 6.92 Å². The quantitative estimate of drug-likeness (QED) is 0.612. The molecule has 0 atom stereocenters. The van der Waals surface area contributed by atoms with Crippen molar-refractivity contribution in [1.82, 2.24) is 9.88 Å². The second-order valence-corrected chi connectivity index (χ2v) is 11.0. The van der Waals surface area contributed by atoms with E-state index in [1.165, 1.54) is 11.3 Å². The summed E-state index contributed by atoms with van der Waals surface area (Å²) in [4.78, 5) is 9.26. The van der Waals surface area contributed by atoms with E-state index < -0.39 is 10.0 Å². The molecule has 148 valence electrons. The maximum atomic E-state index is 13.3. The Hall–Kier alpha value is -1.68. The van der Waals surface area contributed by atoms with Gasteiger partial charge in [-0.05, 0) is 48.1 Å². The molecule has 0 amide bonds. The third kappa shape index (κ3) is 3.76. The molecular weight excluding hydrogens is 460 g/mol. The van der Waals surface area contributed by atoms with Crippen molar-refractivity contribution in [1.29, 1.82) is 0 Å². The van der Waals surface area contributed by atoms with Gasteiger partial charge in [0, 0.05) is 42.8 Å². The highest BCUT2D eigenvalue weighted by atomic mass is 79.9. The summed E-state index contributed by atoms with van der Waals surface area (Å²) < 4.78 is 30.8. The fraction of sp³-hybridized carbons (Fsp3) is 0.316. The second-order valence-electron chi connectivity index (χ2n) is 6.97. The first-order chi connectivity index (χ1) is 13.3. The Kier molecular flexibility index (Phi) is 5.34. The van der Waals surface area contributed by atoms with Gasteiger partial charge in [-0.3, -0.25) is 4.72 Å². The van der Waals surface area contributed by atoms with E-state index in [9.17, 15) is 8.42 Å². The van der Waals surface area contributed by atoms with Gasteiger partial charge in [0.25, 0.3) is 10.0 Å². The molecule has 9 heteroatoms. The summed E-state index contributed by atoms with van der Waals surface area (Å²) >= 11 is 4.90. The Morgan fingerprint density at radius 2 is 1.79 bits per heavy atom. The minimum Gasteiger partial charge on any atom is -0.353 e. The Morgan fingerprint density at radius 3 is 2.46 bits per heavy atom. The number of fused-ring (bicyclic) bond motifs is 1.